The fraction of sp³-hybridized carbons (Fsp3) is 0.333. The summed E-state index contributed by atoms with van der Waals surface area (Å²) in [5, 5.41) is 2.87. The minimum absolute atomic E-state index is 0.0719. The zero-order valence-electron chi connectivity index (χ0n) is 33.6. The number of hydrogen-bond donors (Lipinski definition) is 1. The van der Waals surface area contributed by atoms with Crippen LogP contribution in [0, 0.1) is 5.82 Å². The molecule has 5 aromatic rings. The third-order valence-corrected chi connectivity index (χ3v) is 10.8. The van der Waals surface area contributed by atoms with Crippen molar-refractivity contribution in [1.29, 1.82) is 0 Å². The molecule has 9 nitrogen and oxygen atoms in total. The van der Waals surface area contributed by atoms with E-state index in [2.05, 4.69) is 29.6 Å². The van der Waals surface area contributed by atoms with Crippen molar-refractivity contribution in [3.63, 3.8) is 0 Å². The van der Waals surface area contributed by atoms with Gasteiger partial charge in [-0.05, 0) is 115 Å². The number of alkyl carbamates (subject to hydrolysis) is 1. The van der Waals surface area contributed by atoms with Crippen molar-refractivity contribution in [3.8, 4) is 34.1 Å². The summed E-state index contributed by atoms with van der Waals surface area (Å²) in [5.41, 5.74) is 7.54. The van der Waals surface area contributed by atoms with E-state index in [1.807, 2.05) is 82.3 Å². The molecule has 58 heavy (non-hydrogen) atoms. The highest BCUT2D eigenvalue weighted by Gasteiger charge is 2.37. The van der Waals surface area contributed by atoms with E-state index in [0.717, 1.165) is 38.9 Å². The lowest BCUT2D eigenvalue weighted by Gasteiger charge is -2.40. The Kier molecular flexibility index (Phi) is 12.8. The third-order valence-electron chi connectivity index (χ3n) is 10.8. The van der Waals surface area contributed by atoms with Gasteiger partial charge in [-0.3, -0.25) is 4.79 Å². The fourth-order valence-corrected chi connectivity index (χ4v) is 8.24. The Morgan fingerprint density at radius 1 is 0.707 bits per heavy atom. The second-order valence-corrected chi connectivity index (χ2v) is 14.3. The molecule has 0 saturated carbocycles. The van der Waals surface area contributed by atoms with E-state index < -0.39 is 24.0 Å². The van der Waals surface area contributed by atoms with Crippen LogP contribution in [0.3, 0.4) is 0 Å². The van der Waals surface area contributed by atoms with Gasteiger partial charge < -0.3 is 33.9 Å². The van der Waals surface area contributed by atoms with Gasteiger partial charge in [0.1, 0.15) is 18.5 Å². The van der Waals surface area contributed by atoms with Gasteiger partial charge in [0, 0.05) is 18.9 Å². The smallest absolute Gasteiger partial charge is 0.407 e. The first-order chi connectivity index (χ1) is 28.3. The van der Waals surface area contributed by atoms with Crippen molar-refractivity contribution in [2.45, 2.75) is 65.0 Å². The van der Waals surface area contributed by atoms with E-state index in [4.69, 9.17) is 23.7 Å². The predicted octanol–water partition coefficient (Wildman–Crippen LogP) is 9.24. The first kappa shape index (κ1) is 40.2. The van der Waals surface area contributed by atoms with E-state index in [0.29, 0.717) is 74.4 Å². The zero-order valence-corrected chi connectivity index (χ0v) is 33.6. The molecule has 0 saturated heterocycles. The molecule has 0 bridgehead atoms. The lowest BCUT2D eigenvalue weighted by atomic mass is 9.87. The van der Waals surface area contributed by atoms with Gasteiger partial charge in [0.25, 0.3) is 0 Å². The molecule has 1 aliphatic carbocycles. The Balaban J connectivity index is 1.21. The minimum Gasteiger partial charge on any atom is -0.490 e. The predicted molar refractivity (Wildman–Crippen MR) is 222 cm³/mol. The molecule has 5 aromatic carbocycles. The highest BCUT2D eigenvalue weighted by atomic mass is 19.1. The van der Waals surface area contributed by atoms with E-state index in [9.17, 15) is 4.79 Å². The quantitative estimate of drug-likeness (QED) is 0.107. The maximum atomic E-state index is 15.3. The van der Waals surface area contributed by atoms with Crippen LogP contribution in [-0.4, -0.2) is 62.5 Å². The second kappa shape index (κ2) is 18.5. The van der Waals surface area contributed by atoms with Gasteiger partial charge in [0.05, 0.1) is 32.5 Å². The number of hydrogen-bond acceptors (Lipinski definition) is 7. The van der Waals surface area contributed by atoms with Crippen molar-refractivity contribution in [2.75, 3.05) is 39.6 Å². The van der Waals surface area contributed by atoms with Gasteiger partial charge in [-0.25, -0.2) is 9.18 Å². The normalized spacial score (nSPS) is 14.8. The molecule has 1 heterocycles. The molecule has 0 spiro atoms. The molecule has 0 fully saturated rings. The van der Waals surface area contributed by atoms with Crippen LogP contribution in [0.5, 0.6) is 23.0 Å². The van der Waals surface area contributed by atoms with Gasteiger partial charge >= 0.3 is 6.09 Å². The van der Waals surface area contributed by atoms with Gasteiger partial charge in [-0.1, -0.05) is 72.8 Å². The summed E-state index contributed by atoms with van der Waals surface area (Å²) >= 11 is 0. The van der Waals surface area contributed by atoms with Crippen LogP contribution >= 0.6 is 0 Å². The molecular formula is C48H51FN2O7. The summed E-state index contributed by atoms with van der Waals surface area (Å²) < 4.78 is 45.1. The molecule has 2 atom stereocenters. The first-order valence-electron chi connectivity index (χ1n) is 20.3. The Morgan fingerprint density at radius 3 is 1.95 bits per heavy atom. The van der Waals surface area contributed by atoms with E-state index >= 15 is 9.18 Å². The van der Waals surface area contributed by atoms with E-state index in [-0.39, 0.29) is 24.9 Å². The van der Waals surface area contributed by atoms with Crippen LogP contribution in [0.15, 0.2) is 103 Å². The minimum atomic E-state index is -1.13. The van der Waals surface area contributed by atoms with Gasteiger partial charge in [-0.2, -0.15) is 0 Å². The van der Waals surface area contributed by atoms with Gasteiger partial charge in [0.15, 0.2) is 23.0 Å². The fourth-order valence-electron chi connectivity index (χ4n) is 8.24. The number of fused-ring (bicyclic) bond motifs is 4. The van der Waals surface area contributed by atoms with Crippen molar-refractivity contribution < 1.29 is 37.7 Å². The van der Waals surface area contributed by atoms with Crippen molar-refractivity contribution >= 4 is 12.0 Å². The number of carbonyl (C=O) groups excluding carboxylic acids is 2. The summed E-state index contributed by atoms with van der Waals surface area (Å²) in [6.45, 7) is 9.96. The standard InChI is InChI=1S/C48H51FN2O7/c1-5-54-43-22-21-31(26-44(43)55-6-2)25-42-38-29-46(57-8-4)45(56-7-3)28-32(38)23-24-51(42)47(52)41(27-33-15-9-14-20-40(33)49)50-48(53)58-30-39-36-18-12-10-16-34(36)35-17-11-13-19-37(35)39/h9-22,26,28-29,39,41-42H,5-8,23-25,27,30H2,1-4H3,(H,50,53)/t41-,42?/m0/s1. The number of halogens is 1. The van der Waals surface area contributed by atoms with Gasteiger partial charge in [0.2, 0.25) is 5.91 Å². The number of amides is 2. The number of nitrogens with zero attached hydrogens (tertiary/aromatic N) is 1. The lowest BCUT2D eigenvalue weighted by molar-refractivity contribution is -0.136. The van der Waals surface area contributed by atoms with Crippen LogP contribution in [0.1, 0.15) is 73.0 Å². The number of ether oxygens (including phenoxy) is 5. The van der Waals surface area contributed by atoms with Crippen LogP contribution < -0.4 is 24.3 Å². The number of rotatable bonds is 16. The molecule has 1 unspecified atom stereocenters. The Morgan fingerprint density at radius 2 is 1.29 bits per heavy atom. The second-order valence-electron chi connectivity index (χ2n) is 14.3. The van der Waals surface area contributed by atoms with E-state index in [1.165, 1.54) is 6.07 Å². The van der Waals surface area contributed by atoms with Crippen molar-refractivity contribution in [1.82, 2.24) is 10.2 Å². The summed E-state index contributed by atoms with van der Waals surface area (Å²) in [6, 6.07) is 30.7. The largest absolute Gasteiger partial charge is 0.490 e. The Bertz CT molecular complexity index is 2200. The molecule has 0 aromatic heterocycles. The molecule has 302 valence electrons. The number of nitrogens with one attached hydrogen (secondary N) is 1. The monoisotopic (exact) mass is 786 g/mol. The first-order valence-corrected chi connectivity index (χ1v) is 20.3. The lowest BCUT2D eigenvalue weighted by Crippen LogP contribution is -2.53. The molecule has 1 N–H and O–H groups in total. The molecule has 1 aliphatic heterocycles. The summed E-state index contributed by atoms with van der Waals surface area (Å²) in [7, 11) is 0. The van der Waals surface area contributed by atoms with Crippen LogP contribution in [-0.2, 0) is 28.8 Å². The van der Waals surface area contributed by atoms with Crippen molar-refractivity contribution in [2.24, 2.45) is 0 Å². The topological polar surface area (TPSA) is 95.6 Å². The molecule has 2 amide bonds. The SMILES string of the molecule is CCOc1ccc(CC2c3cc(OCC)c(OCC)cc3CCN2C(=O)[C@H](Cc2ccccc2F)NC(=O)OCC2c3ccccc3-c3ccccc32)cc1OCC. The average molecular weight is 787 g/mol. The van der Waals surface area contributed by atoms with Crippen LogP contribution in [0.25, 0.3) is 11.1 Å². The van der Waals surface area contributed by atoms with Gasteiger partial charge in [-0.15, -0.1) is 0 Å². The third kappa shape index (κ3) is 8.61. The Hall–Kier alpha value is -6.03. The molecule has 0 radical (unpaired) electrons. The summed E-state index contributed by atoms with van der Waals surface area (Å²) in [5.74, 6) is 1.51. The number of benzene rings is 5. The highest BCUT2D eigenvalue weighted by Crippen LogP contribution is 2.45. The molecule has 2 aliphatic rings. The summed E-state index contributed by atoms with van der Waals surface area (Å²) in [6.07, 6.45) is 0.131. The average Bonchev–Trinajstić information content (AvgIpc) is 3.55. The van der Waals surface area contributed by atoms with Crippen molar-refractivity contribution in [3.05, 3.63) is 142 Å². The molecular weight excluding hydrogens is 736 g/mol. The maximum absolute atomic E-state index is 15.3. The Labute approximate surface area is 340 Å². The number of carbonyl (C=O) groups is 2. The molecule has 7 rings (SSSR count). The van der Waals surface area contributed by atoms with E-state index in [1.54, 1.807) is 23.1 Å². The van der Waals surface area contributed by atoms with Crippen LogP contribution in [0.2, 0.25) is 0 Å². The summed E-state index contributed by atoms with van der Waals surface area (Å²) in [4.78, 5) is 30.7. The molecule has 10 heteroatoms. The zero-order chi connectivity index (χ0) is 40.6. The maximum Gasteiger partial charge on any atom is 0.407 e. The van der Waals surface area contributed by atoms with Crippen LogP contribution in [0.4, 0.5) is 9.18 Å². The highest BCUT2D eigenvalue weighted by molar-refractivity contribution is 5.87.